The molecule has 0 aliphatic rings. The monoisotopic (exact) mass is 282 g/mol. The molecule has 102 valence electrons. The van der Waals surface area contributed by atoms with Gasteiger partial charge in [-0.3, -0.25) is 0 Å². The topological polar surface area (TPSA) is 0 Å². The maximum atomic E-state index is 5.99. The lowest BCUT2D eigenvalue weighted by Crippen LogP contribution is -1.90. The van der Waals surface area contributed by atoms with Gasteiger partial charge in [0, 0.05) is 5.03 Å². The number of benzene rings is 2. The summed E-state index contributed by atoms with van der Waals surface area (Å²) < 4.78 is 0. The van der Waals surface area contributed by atoms with Crippen LogP contribution in [0.25, 0.3) is 16.7 Å². The average molecular weight is 283 g/mol. The van der Waals surface area contributed by atoms with Crippen molar-refractivity contribution in [1.82, 2.24) is 0 Å². The van der Waals surface area contributed by atoms with Gasteiger partial charge in [-0.25, -0.2) is 0 Å². The van der Waals surface area contributed by atoms with Crippen LogP contribution in [0.3, 0.4) is 0 Å². The van der Waals surface area contributed by atoms with Crippen molar-refractivity contribution in [1.29, 1.82) is 0 Å². The molecule has 0 amide bonds. The summed E-state index contributed by atoms with van der Waals surface area (Å²) in [6.07, 6.45) is 4.06. The van der Waals surface area contributed by atoms with Crippen LogP contribution in [0.5, 0.6) is 0 Å². The Morgan fingerprint density at radius 1 is 1.05 bits per heavy atom. The quantitative estimate of drug-likeness (QED) is 0.565. The predicted octanol–water partition coefficient (Wildman–Crippen LogP) is 6.29. The molecule has 0 aliphatic carbocycles. The normalized spacial score (nSPS) is 11.4. The molecule has 0 radical (unpaired) electrons. The molecule has 0 N–H and O–H groups in total. The molecular formula is C19H19Cl. The highest BCUT2D eigenvalue weighted by Crippen LogP contribution is 2.32. The van der Waals surface area contributed by atoms with Gasteiger partial charge in [0.05, 0.1) is 0 Å². The third-order valence-electron chi connectivity index (χ3n) is 3.21. The van der Waals surface area contributed by atoms with Crippen molar-refractivity contribution in [2.75, 3.05) is 0 Å². The predicted molar refractivity (Wildman–Crippen MR) is 89.8 cm³/mol. The van der Waals surface area contributed by atoms with Crippen molar-refractivity contribution in [2.45, 2.75) is 19.8 Å². The van der Waals surface area contributed by atoms with Crippen molar-refractivity contribution >= 4 is 17.2 Å². The first-order valence-electron chi connectivity index (χ1n) is 6.92. The minimum Gasteiger partial charge on any atom is -0.0850 e. The Hall–Kier alpha value is -1.79. The lowest BCUT2D eigenvalue weighted by molar-refractivity contribution is 0.973. The van der Waals surface area contributed by atoms with Gasteiger partial charge < -0.3 is 0 Å². The van der Waals surface area contributed by atoms with Gasteiger partial charge in [-0.1, -0.05) is 86.1 Å². The Morgan fingerprint density at radius 3 is 2.35 bits per heavy atom. The number of hydrogen-bond donors (Lipinski definition) is 0. The second-order valence-corrected chi connectivity index (χ2v) is 5.26. The van der Waals surface area contributed by atoms with Crippen LogP contribution >= 0.6 is 11.6 Å². The molecule has 0 heterocycles. The maximum Gasteiger partial charge on any atom is 0.0337 e. The Labute approximate surface area is 126 Å². The summed E-state index contributed by atoms with van der Waals surface area (Å²) in [5.41, 5.74) is 4.95. The molecular weight excluding hydrogens is 264 g/mol. The summed E-state index contributed by atoms with van der Waals surface area (Å²) >= 11 is 5.99. The molecule has 0 fully saturated rings. The molecule has 0 spiro atoms. The third-order valence-corrected chi connectivity index (χ3v) is 3.32. The van der Waals surface area contributed by atoms with Crippen molar-refractivity contribution in [3.63, 3.8) is 0 Å². The molecule has 1 heteroatoms. The van der Waals surface area contributed by atoms with Crippen molar-refractivity contribution < 1.29 is 0 Å². The second kappa shape index (κ2) is 7.12. The zero-order valence-electron chi connectivity index (χ0n) is 11.8. The number of allylic oxidation sites excluding steroid dienone is 3. The lowest BCUT2D eigenvalue weighted by Gasteiger charge is -2.13. The molecule has 0 bridgehead atoms. The van der Waals surface area contributed by atoms with Crippen LogP contribution < -0.4 is 0 Å². The first kappa shape index (κ1) is 14.6. The van der Waals surface area contributed by atoms with E-state index in [9.17, 15) is 0 Å². The second-order valence-electron chi connectivity index (χ2n) is 4.78. The number of hydrogen-bond acceptors (Lipinski definition) is 0. The van der Waals surface area contributed by atoms with E-state index in [0.717, 1.165) is 12.8 Å². The zero-order valence-corrected chi connectivity index (χ0v) is 12.5. The van der Waals surface area contributed by atoms with Crippen LogP contribution in [-0.2, 0) is 0 Å². The molecule has 0 nitrogen and oxygen atoms in total. The molecule has 0 aromatic heterocycles. The van der Waals surface area contributed by atoms with Gasteiger partial charge in [0.15, 0.2) is 0 Å². The highest BCUT2D eigenvalue weighted by Gasteiger charge is 2.08. The summed E-state index contributed by atoms with van der Waals surface area (Å²) in [6, 6.07) is 18.9. The first-order chi connectivity index (χ1) is 9.72. The first-order valence-corrected chi connectivity index (χ1v) is 7.30. The highest BCUT2D eigenvalue weighted by atomic mass is 35.5. The standard InChI is InChI=1S/C19H19Cl/c1-3-9-17(14-15(2)20)19-13-8-7-12-18(19)16-10-5-4-6-11-16/h4-8,10-14H,2-3,9H2,1H3. The smallest absolute Gasteiger partial charge is 0.0337 e. The summed E-state index contributed by atoms with van der Waals surface area (Å²) in [5.74, 6) is 0. The largest absolute Gasteiger partial charge is 0.0850 e. The molecule has 0 saturated carbocycles. The van der Waals surface area contributed by atoms with E-state index in [0.29, 0.717) is 5.03 Å². The van der Waals surface area contributed by atoms with Crippen LogP contribution in [0.15, 0.2) is 72.3 Å². The van der Waals surface area contributed by atoms with Gasteiger partial charge in [-0.15, -0.1) is 0 Å². The van der Waals surface area contributed by atoms with E-state index in [1.807, 2.05) is 12.1 Å². The SMILES string of the molecule is C=C(Cl)C=C(CCC)c1ccccc1-c1ccccc1. The van der Waals surface area contributed by atoms with E-state index >= 15 is 0 Å². The number of rotatable bonds is 5. The van der Waals surface area contributed by atoms with E-state index < -0.39 is 0 Å². The highest BCUT2D eigenvalue weighted by molar-refractivity contribution is 6.31. The molecule has 0 saturated heterocycles. The van der Waals surface area contributed by atoms with E-state index in [1.165, 1.54) is 22.3 Å². The van der Waals surface area contributed by atoms with Gasteiger partial charge in [-0.05, 0) is 34.8 Å². The van der Waals surface area contributed by atoms with Crippen LogP contribution in [0.4, 0.5) is 0 Å². The molecule has 0 aliphatic heterocycles. The van der Waals surface area contributed by atoms with Crippen molar-refractivity contribution in [2.24, 2.45) is 0 Å². The third kappa shape index (κ3) is 3.61. The fourth-order valence-electron chi connectivity index (χ4n) is 2.38. The number of halogens is 1. The van der Waals surface area contributed by atoms with Crippen molar-refractivity contribution in [3.05, 3.63) is 77.8 Å². The summed E-state index contributed by atoms with van der Waals surface area (Å²) in [6.45, 7) is 5.97. The van der Waals surface area contributed by atoms with Gasteiger partial charge in [0.25, 0.3) is 0 Å². The Kier molecular flexibility index (Phi) is 5.20. The lowest BCUT2D eigenvalue weighted by atomic mass is 9.92. The summed E-state index contributed by atoms with van der Waals surface area (Å²) in [5, 5.41) is 0.580. The molecule has 0 atom stereocenters. The molecule has 0 unspecified atom stereocenters. The van der Waals surface area contributed by atoms with Crippen LogP contribution in [0.1, 0.15) is 25.3 Å². The zero-order chi connectivity index (χ0) is 14.4. The Morgan fingerprint density at radius 2 is 1.70 bits per heavy atom. The van der Waals surface area contributed by atoms with Gasteiger partial charge in [-0.2, -0.15) is 0 Å². The minimum atomic E-state index is 0.580. The minimum absolute atomic E-state index is 0.580. The molecule has 2 rings (SSSR count). The van der Waals surface area contributed by atoms with Gasteiger partial charge in [0.2, 0.25) is 0 Å². The average Bonchev–Trinajstić information content (AvgIpc) is 2.47. The van der Waals surface area contributed by atoms with Gasteiger partial charge >= 0.3 is 0 Å². The van der Waals surface area contributed by atoms with Crippen LogP contribution in [-0.4, -0.2) is 0 Å². The molecule has 20 heavy (non-hydrogen) atoms. The van der Waals surface area contributed by atoms with Gasteiger partial charge in [0.1, 0.15) is 0 Å². The van der Waals surface area contributed by atoms with E-state index in [4.69, 9.17) is 11.6 Å². The molecule has 2 aromatic carbocycles. The van der Waals surface area contributed by atoms with E-state index in [2.05, 4.69) is 62.0 Å². The summed E-state index contributed by atoms with van der Waals surface area (Å²) in [4.78, 5) is 0. The van der Waals surface area contributed by atoms with Crippen LogP contribution in [0.2, 0.25) is 0 Å². The van der Waals surface area contributed by atoms with Crippen molar-refractivity contribution in [3.8, 4) is 11.1 Å². The van der Waals surface area contributed by atoms with Crippen LogP contribution in [0, 0.1) is 0 Å². The maximum absolute atomic E-state index is 5.99. The van der Waals surface area contributed by atoms with E-state index in [1.54, 1.807) is 0 Å². The Balaban J connectivity index is 2.54. The van der Waals surface area contributed by atoms with E-state index in [-0.39, 0.29) is 0 Å². The summed E-state index contributed by atoms with van der Waals surface area (Å²) in [7, 11) is 0. The fourth-order valence-corrected chi connectivity index (χ4v) is 2.51. The Bertz CT molecular complexity index is 609. The molecule has 2 aromatic rings. The fraction of sp³-hybridized carbons (Fsp3) is 0.158.